The van der Waals surface area contributed by atoms with Gasteiger partial charge in [-0.25, -0.2) is 9.79 Å². The molecule has 3 heterocycles. The number of unbranched alkanes of at least 4 members (excludes halogenated alkanes) is 6. The first kappa shape index (κ1) is 20.9. The summed E-state index contributed by atoms with van der Waals surface area (Å²) in [4.78, 5) is 19.9. The van der Waals surface area contributed by atoms with Crippen LogP contribution in [0.5, 0.6) is 0 Å². The highest BCUT2D eigenvalue weighted by molar-refractivity contribution is 5.96. The van der Waals surface area contributed by atoms with E-state index in [1.165, 1.54) is 51.4 Å². The molecule has 1 saturated heterocycles. The van der Waals surface area contributed by atoms with Crippen LogP contribution in [0.1, 0.15) is 84.5 Å². The standard InChI is InChI=1S/C23H37N3O2/c1-4-6-7-8-9-10-11-12-18-16-19-13-14-20-21(22(27)28-15-5-2)17(3)24-23(25-18)26(19)20/h5,18-20H,2,4,6-16H2,1,3H3,(H,24,25)/t18-,19+,20?/m1/s1. The SMILES string of the molecule is C=CCOC(=O)C1=C(C)NC2=N[C@H](CCCCCCCCC)C[C@@H]3CCC1N23. The number of carbonyl (C=O) groups is 1. The maximum absolute atomic E-state index is 12.5. The molecule has 3 atom stereocenters. The van der Waals surface area contributed by atoms with E-state index < -0.39 is 0 Å². The highest BCUT2D eigenvalue weighted by Crippen LogP contribution is 2.38. The lowest BCUT2D eigenvalue weighted by atomic mass is 9.97. The quantitative estimate of drug-likeness (QED) is 0.317. The number of esters is 1. The van der Waals surface area contributed by atoms with Gasteiger partial charge in [0.15, 0.2) is 5.96 Å². The molecule has 5 heteroatoms. The van der Waals surface area contributed by atoms with Gasteiger partial charge in [0.05, 0.1) is 17.7 Å². The van der Waals surface area contributed by atoms with Crippen LogP contribution in [0.4, 0.5) is 0 Å². The summed E-state index contributed by atoms with van der Waals surface area (Å²) in [6.07, 6.45) is 15.5. The first-order chi connectivity index (χ1) is 13.7. The van der Waals surface area contributed by atoms with Crippen LogP contribution in [0.2, 0.25) is 0 Å². The van der Waals surface area contributed by atoms with Crippen LogP contribution in [0.3, 0.4) is 0 Å². The lowest BCUT2D eigenvalue weighted by molar-refractivity contribution is -0.138. The number of guanidine groups is 1. The zero-order chi connectivity index (χ0) is 19.9. The number of hydrogen-bond donors (Lipinski definition) is 1. The Morgan fingerprint density at radius 2 is 2.00 bits per heavy atom. The van der Waals surface area contributed by atoms with Crippen LogP contribution < -0.4 is 5.32 Å². The minimum Gasteiger partial charge on any atom is -0.458 e. The van der Waals surface area contributed by atoms with Crippen molar-refractivity contribution in [3.8, 4) is 0 Å². The molecule has 0 amide bonds. The minimum absolute atomic E-state index is 0.113. The predicted molar refractivity (Wildman–Crippen MR) is 114 cm³/mol. The van der Waals surface area contributed by atoms with Crippen LogP contribution >= 0.6 is 0 Å². The van der Waals surface area contributed by atoms with Crippen molar-refractivity contribution in [2.45, 2.75) is 103 Å². The van der Waals surface area contributed by atoms with Crippen molar-refractivity contribution in [1.29, 1.82) is 0 Å². The van der Waals surface area contributed by atoms with E-state index in [0.717, 1.165) is 36.5 Å². The predicted octanol–water partition coefficient (Wildman–Crippen LogP) is 4.69. The zero-order valence-electron chi connectivity index (χ0n) is 17.7. The van der Waals surface area contributed by atoms with Crippen LogP contribution in [-0.4, -0.2) is 41.6 Å². The van der Waals surface area contributed by atoms with E-state index in [4.69, 9.17) is 9.73 Å². The number of ether oxygens (including phenoxy) is 1. The average molecular weight is 388 g/mol. The lowest BCUT2D eigenvalue weighted by Gasteiger charge is -2.42. The number of nitrogens with zero attached hydrogens (tertiary/aromatic N) is 2. The van der Waals surface area contributed by atoms with Crippen molar-refractivity contribution in [3.63, 3.8) is 0 Å². The Morgan fingerprint density at radius 1 is 1.25 bits per heavy atom. The number of allylic oxidation sites excluding steroid dienone is 1. The van der Waals surface area contributed by atoms with Crippen LogP contribution in [0.15, 0.2) is 28.9 Å². The molecule has 0 bridgehead atoms. The van der Waals surface area contributed by atoms with Crippen molar-refractivity contribution >= 4 is 11.9 Å². The Labute approximate surface area is 170 Å². The molecule has 0 aliphatic carbocycles. The number of hydrogen-bond acceptors (Lipinski definition) is 5. The van der Waals surface area contributed by atoms with Crippen molar-refractivity contribution < 1.29 is 9.53 Å². The highest BCUT2D eigenvalue weighted by Gasteiger charge is 2.46. The fourth-order valence-electron chi connectivity index (χ4n) is 4.93. The normalized spacial score (nSPS) is 25.9. The molecule has 1 N–H and O–H groups in total. The third-order valence-corrected chi connectivity index (χ3v) is 6.33. The summed E-state index contributed by atoms with van der Waals surface area (Å²) < 4.78 is 5.33. The molecular weight excluding hydrogens is 350 g/mol. The first-order valence-corrected chi connectivity index (χ1v) is 11.3. The van der Waals surface area contributed by atoms with Gasteiger partial charge in [-0.3, -0.25) is 0 Å². The molecule has 0 radical (unpaired) electrons. The highest BCUT2D eigenvalue weighted by atomic mass is 16.5. The van der Waals surface area contributed by atoms with E-state index in [1.807, 2.05) is 6.92 Å². The number of rotatable bonds is 11. The van der Waals surface area contributed by atoms with Gasteiger partial charge in [-0.15, -0.1) is 0 Å². The third kappa shape index (κ3) is 4.79. The molecule has 3 aliphatic rings. The first-order valence-electron chi connectivity index (χ1n) is 11.3. The molecule has 0 aromatic carbocycles. The number of nitrogens with one attached hydrogen (secondary N) is 1. The Kier molecular flexibility index (Phi) is 7.57. The smallest absolute Gasteiger partial charge is 0.338 e. The average Bonchev–Trinajstić information content (AvgIpc) is 3.10. The van der Waals surface area contributed by atoms with E-state index >= 15 is 0 Å². The van der Waals surface area contributed by atoms with Gasteiger partial charge in [0, 0.05) is 11.7 Å². The van der Waals surface area contributed by atoms with E-state index in [9.17, 15) is 4.79 Å². The molecule has 1 unspecified atom stereocenters. The molecule has 0 saturated carbocycles. The van der Waals surface area contributed by atoms with Crippen LogP contribution in [0, 0.1) is 0 Å². The summed E-state index contributed by atoms with van der Waals surface area (Å²) in [5, 5.41) is 3.41. The molecule has 0 spiro atoms. The van der Waals surface area contributed by atoms with E-state index in [1.54, 1.807) is 6.08 Å². The fraction of sp³-hybridized carbons (Fsp3) is 0.739. The van der Waals surface area contributed by atoms with Gasteiger partial charge in [-0.2, -0.15) is 0 Å². The fourth-order valence-corrected chi connectivity index (χ4v) is 4.93. The summed E-state index contributed by atoms with van der Waals surface area (Å²) in [5.74, 6) is 0.754. The summed E-state index contributed by atoms with van der Waals surface area (Å²) in [7, 11) is 0. The Bertz CT molecular complexity index is 625. The topological polar surface area (TPSA) is 53.9 Å². The molecule has 1 fully saturated rings. The van der Waals surface area contributed by atoms with Crippen molar-refractivity contribution in [2.75, 3.05) is 6.61 Å². The second-order valence-electron chi connectivity index (χ2n) is 8.46. The second kappa shape index (κ2) is 10.1. The molecule has 0 aromatic heterocycles. The number of aliphatic imine (C=N–C) groups is 1. The van der Waals surface area contributed by atoms with Gasteiger partial charge >= 0.3 is 5.97 Å². The lowest BCUT2D eigenvalue weighted by Crippen LogP contribution is -2.56. The van der Waals surface area contributed by atoms with Crippen molar-refractivity contribution in [1.82, 2.24) is 10.2 Å². The Morgan fingerprint density at radius 3 is 2.75 bits per heavy atom. The molecule has 3 aliphatic heterocycles. The molecule has 0 aromatic rings. The molecule has 3 rings (SSSR count). The van der Waals surface area contributed by atoms with Gasteiger partial charge < -0.3 is 15.0 Å². The molecule has 5 nitrogen and oxygen atoms in total. The third-order valence-electron chi connectivity index (χ3n) is 6.33. The van der Waals surface area contributed by atoms with Crippen molar-refractivity contribution in [3.05, 3.63) is 23.9 Å². The maximum atomic E-state index is 12.5. The zero-order valence-corrected chi connectivity index (χ0v) is 17.7. The Hall–Kier alpha value is -1.78. The van der Waals surface area contributed by atoms with E-state index in [2.05, 4.69) is 23.7 Å². The number of carbonyl (C=O) groups excluding carboxylic acids is 1. The van der Waals surface area contributed by atoms with Crippen LogP contribution in [0.25, 0.3) is 0 Å². The maximum Gasteiger partial charge on any atom is 0.338 e. The Balaban J connectivity index is 1.57. The summed E-state index contributed by atoms with van der Waals surface area (Å²) in [6.45, 7) is 8.12. The second-order valence-corrected chi connectivity index (χ2v) is 8.46. The molecule has 28 heavy (non-hydrogen) atoms. The van der Waals surface area contributed by atoms with Gasteiger partial charge in [-0.1, -0.05) is 64.5 Å². The largest absolute Gasteiger partial charge is 0.458 e. The summed E-state index contributed by atoms with van der Waals surface area (Å²) in [5.41, 5.74) is 1.67. The van der Waals surface area contributed by atoms with Gasteiger partial charge in [-0.05, 0) is 32.6 Å². The molecule has 156 valence electrons. The van der Waals surface area contributed by atoms with Crippen molar-refractivity contribution in [2.24, 2.45) is 4.99 Å². The van der Waals surface area contributed by atoms with Gasteiger partial charge in [0.1, 0.15) is 6.61 Å². The monoisotopic (exact) mass is 387 g/mol. The molecular formula is C23H37N3O2. The minimum atomic E-state index is -0.222. The van der Waals surface area contributed by atoms with E-state index in [-0.39, 0.29) is 18.6 Å². The summed E-state index contributed by atoms with van der Waals surface area (Å²) in [6, 6.07) is 1.02. The van der Waals surface area contributed by atoms with Gasteiger partial charge in [0.2, 0.25) is 0 Å². The van der Waals surface area contributed by atoms with Gasteiger partial charge in [0.25, 0.3) is 0 Å². The van der Waals surface area contributed by atoms with Crippen LogP contribution in [-0.2, 0) is 9.53 Å². The summed E-state index contributed by atoms with van der Waals surface area (Å²) >= 11 is 0. The van der Waals surface area contributed by atoms with E-state index in [0.29, 0.717) is 12.1 Å².